The highest BCUT2D eigenvalue weighted by molar-refractivity contribution is 5.88. The average molecular weight is 212 g/mol. The maximum atomic E-state index is 11.5. The van der Waals surface area contributed by atoms with E-state index in [1.807, 2.05) is 0 Å². The molecule has 4 nitrogen and oxygen atoms in total. The third-order valence-electron chi connectivity index (χ3n) is 0.862. The van der Waals surface area contributed by atoms with Crippen LogP contribution in [0.2, 0.25) is 0 Å². The van der Waals surface area contributed by atoms with Crippen molar-refractivity contribution in [1.29, 1.82) is 0 Å². The van der Waals surface area contributed by atoms with Crippen molar-refractivity contribution >= 4 is 11.9 Å². The Morgan fingerprint density at radius 1 is 1.36 bits per heavy atom. The Labute approximate surface area is 77.3 Å². The summed E-state index contributed by atoms with van der Waals surface area (Å²) in [6, 6.07) is 0. The number of ether oxygens (including phenoxy) is 2. The zero-order valence-corrected chi connectivity index (χ0v) is 7.18. The molecule has 0 N–H and O–H groups in total. The van der Waals surface area contributed by atoms with Gasteiger partial charge in [0.1, 0.15) is 0 Å². The Bertz CT molecular complexity index is 256. The number of alkyl halides is 3. The summed E-state index contributed by atoms with van der Waals surface area (Å²) in [5, 5.41) is 0. The molecular formula is C7H7F3O4. The smallest absolute Gasteiger partial charge is 0.422 e. The number of rotatable bonds is 3. The summed E-state index contributed by atoms with van der Waals surface area (Å²) in [5.41, 5.74) is 0. The quantitative estimate of drug-likeness (QED) is 0.400. The van der Waals surface area contributed by atoms with Crippen molar-refractivity contribution < 1.29 is 32.2 Å². The van der Waals surface area contributed by atoms with Crippen LogP contribution < -0.4 is 0 Å². The van der Waals surface area contributed by atoms with Gasteiger partial charge in [0.15, 0.2) is 6.61 Å². The van der Waals surface area contributed by atoms with E-state index in [4.69, 9.17) is 0 Å². The summed E-state index contributed by atoms with van der Waals surface area (Å²) in [4.78, 5) is 20.9. The van der Waals surface area contributed by atoms with E-state index >= 15 is 0 Å². The molecule has 0 bridgehead atoms. The lowest BCUT2D eigenvalue weighted by Gasteiger charge is -2.08. The van der Waals surface area contributed by atoms with Gasteiger partial charge >= 0.3 is 18.1 Å². The minimum Gasteiger partial charge on any atom is -0.450 e. The predicted octanol–water partition coefficient (Wildman–Crippen LogP) is 1.17. The van der Waals surface area contributed by atoms with Gasteiger partial charge in [-0.3, -0.25) is 4.79 Å². The van der Waals surface area contributed by atoms with E-state index < -0.39 is 30.5 Å². The molecule has 0 spiro atoms. The molecule has 0 aliphatic heterocycles. The topological polar surface area (TPSA) is 52.6 Å². The molecule has 0 saturated carbocycles. The molecule has 0 rings (SSSR count). The van der Waals surface area contributed by atoms with Gasteiger partial charge in [0, 0.05) is 6.92 Å². The van der Waals surface area contributed by atoms with E-state index in [1.54, 1.807) is 0 Å². The summed E-state index contributed by atoms with van der Waals surface area (Å²) >= 11 is 0. The average Bonchev–Trinajstić information content (AvgIpc) is 1.97. The van der Waals surface area contributed by atoms with Gasteiger partial charge in [-0.15, -0.1) is 0 Å². The Balaban J connectivity index is 3.98. The molecule has 0 heterocycles. The van der Waals surface area contributed by atoms with Crippen LogP contribution in [-0.4, -0.2) is 24.7 Å². The van der Waals surface area contributed by atoms with E-state index in [2.05, 4.69) is 16.1 Å². The molecule has 80 valence electrons. The molecule has 0 unspecified atom stereocenters. The third-order valence-corrected chi connectivity index (χ3v) is 0.862. The fraction of sp³-hybridized carbons (Fsp3) is 0.429. The first kappa shape index (κ1) is 12.5. The summed E-state index contributed by atoms with van der Waals surface area (Å²) in [6.07, 6.45) is -4.62. The van der Waals surface area contributed by atoms with Gasteiger partial charge in [0.25, 0.3) is 0 Å². The van der Waals surface area contributed by atoms with Crippen LogP contribution in [0.25, 0.3) is 0 Å². The fourth-order valence-corrected chi connectivity index (χ4v) is 0.443. The molecule has 0 aromatic carbocycles. The molecule has 0 radical (unpaired) electrons. The van der Waals surface area contributed by atoms with Crippen LogP contribution in [0.4, 0.5) is 13.2 Å². The largest absolute Gasteiger partial charge is 0.450 e. The minimum absolute atomic E-state index is 0.776. The molecule has 0 aromatic rings. The molecule has 0 atom stereocenters. The number of carbonyl (C=O) groups is 2. The van der Waals surface area contributed by atoms with Crippen LogP contribution in [0, 0.1) is 0 Å². The number of esters is 2. The summed E-state index contributed by atoms with van der Waals surface area (Å²) < 4.78 is 42.4. The number of halogens is 3. The Hall–Kier alpha value is -1.53. The Kier molecular flexibility index (Phi) is 4.13. The molecule has 7 heteroatoms. The second-order valence-corrected chi connectivity index (χ2v) is 2.21. The second-order valence-electron chi connectivity index (χ2n) is 2.21. The lowest BCUT2D eigenvalue weighted by Crippen LogP contribution is -2.22. The third kappa shape index (κ3) is 6.04. The molecular weight excluding hydrogens is 205 g/mol. The van der Waals surface area contributed by atoms with Crippen LogP contribution in [0.1, 0.15) is 6.92 Å². The van der Waals surface area contributed by atoms with E-state index in [9.17, 15) is 22.8 Å². The fourth-order valence-electron chi connectivity index (χ4n) is 0.443. The first-order valence-electron chi connectivity index (χ1n) is 3.33. The van der Waals surface area contributed by atoms with Gasteiger partial charge < -0.3 is 9.47 Å². The molecule has 0 saturated heterocycles. The van der Waals surface area contributed by atoms with Crippen LogP contribution in [-0.2, 0) is 19.1 Å². The molecule has 0 aliphatic rings. The maximum Gasteiger partial charge on any atom is 0.422 e. The van der Waals surface area contributed by atoms with Crippen molar-refractivity contribution in [2.75, 3.05) is 6.61 Å². The van der Waals surface area contributed by atoms with Crippen molar-refractivity contribution in [3.8, 4) is 0 Å². The lowest BCUT2D eigenvalue weighted by molar-refractivity contribution is -0.186. The van der Waals surface area contributed by atoms with Crippen molar-refractivity contribution in [2.24, 2.45) is 0 Å². The standard InChI is InChI=1S/C7H7F3O4/c1-4(14-5(2)11)6(12)13-3-7(8,9)10/h1,3H2,2H3. The van der Waals surface area contributed by atoms with Gasteiger partial charge in [0.05, 0.1) is 0 Å². The molecule has 0 aliphatic carbocycles. The van der Waals surface area contributed by atoms with Crippen LogP contribution in [0.5, 0.6) is 0 Å². The number of carbonyl (C=O) groups excluding carboxylic acids is 2. The first-order chi connectivity index (χ1) is 6.22. The second kappa shape index (κ2) is 4.64. The number of hydrogen-bond donors (Lipinski definition) is 0. The van der Waals surface area contributed by atoms with Crippen molar-refractivity contribution in [3.63, 3.8) is 0 Å². The van der Waals surface area contributed by atoms with Gasteiger partial charge in [-0.25, -0.2) is 4.79 Å². The van der Waals surface area contributed by atoms with Crippen LogP contribution >= 0.6 is 0 Å². The van der Waals surface area contributed by atoms with Crippen LogP contribution in [0.15, 0.2) is 12.3 Å². The Morgan fingerprint density at radius 2 is 1.86 bits per heavy atom. The predicted molar refractivity (Wildman–Crippen MR) is 37.9 cm³/mol. The summed E-state index contributed by atoms with van der Waals surface area (Å²) in [7, 11) is 0. The molecule has 0 aromatic heterocycles. The highest BCUT2D eigenvalue weighted by Crippen LogP contribution is 2.15. The van der Waals surface area contributed by atoms with Gasteiger partial charge in [-0.1, -0.05) is 0 Å². The molecule has 14 heavy (non-hydrogen) atoms. The maximum absolute atomic E-state index is 11.5. The SMILES string of the molecule is C=C(OC(C)=O)C(=O)OCC(F)(F)F. The van der Waals surface area contributed by atoms with Gasteiger partial charge in [-0.2, -0.15) is 13.2 Å². The zero-order chi connectivity index (χ0) is 11.4. The van der Waals surface area contributed by atoms with E-state index in [1.165, 1.54) is 0 Å². The van der Waals surface area contributed by atoms with E-state index in [0.717, 1.165) is 6.92 Å². The van der Waals surface area contributed by atoms with Crippen LogP contribution in [0.3, 0.4) is 0 Å². The first-order valence-corrected chi connectivity index (χ1v) is 3.33. The van der Waals surface area contributed by atoms with E-state index in [-0.39, 0.29) is 0 Å². The minimum atomic E-state index is -4.62. The zero-order valence-electron chi connectivity index (χ0n) is 7.18. The molecule has 0 amide bonds. The number of hydrogen-bond acceptors (Lipinski definition) is 4. The van der Waals surface area contributed by atoms with Crippen molar-refractivity contribution in [1.82, 2.24) is 0 Å². The van der Waals surface area contributed by atoms with Crippen molar-refractivity contribution in [3.05, 3.63) is 12.3 Å². The van der Waals surface area contributed by atoms with Gasteiger partial charge in [-0.05, 0) is 6.58 Å². The summed E-state index contributed by atoms with van der Waals surface area (Å²) in [5.74, 6) is -3.06. The van der Waals surface area contributed by atoms with E-state index in [0.29, 0.717) is 0 Å². The van der Waals surface area contributed by atoms with Gasteiger partial charge in [0.2, 0.25) is 5.76 Å². The highest BCUT2D eigenvalue weighted by Gasteiger charge is 2.30. The summed E-state index contributed by atoms with van der Waals surface area (Å²) in [6.45, 7) is 2.14. The lowest BCUT2D eigenvalue weighted by atomic mass is 10.5. The molecule has 0 fully saturated rings. The monoisotopic (exact) mass is 212 g/mol. The highest BCUT2D eigenvalue weighted by atomic mass is 19.4. The van der Waals surface area contributed by atoms with Crippen molar-refractivity contribution in [2.45, 2.75) is 13.1 Å². The Morgan fingerprint density at radius 3 is 2.21 bits per heavy atom. The normalized spacial score (nSPS) is 10.6.